The summed E-state index contributed by atoms with van der Waals surface area (Å²) in [7, 11) is 0. The van der Waals surface area contributed by atoms with Crippen LogP contribution in [0.25, 0.3) is 0 Å². The van der Waals surface area contributed by atoms with Crippen LogP contribution >= 0.6 is 11.8 Å². The van der Waals surface area contributed by atoms with Crippen molar-refractivity contribution in [1.82, 2.24) is 0 Å². The highest BCUT2D eigenvalue weighted by Crippen LogP contribution is 3.00. The van der Waals surface area contributed by atoms with Crippen molar-refractivity contribution in [2.75, 3.05) is 0 Å². The first-order valence-corrected chi connectivity index (χ1v) is 14.2. The van der Waals surface area contributed by atoms with Crippen molar-refractivity contribution >= 4 is 11.8 Å². The predicted octanol–water partition coefficient (Wildman–Crippen LogP) is 8.41. The van der Waals surface area contributed by atoms with E-state index in [1.807, 2.05) is 0 Å². The van der Waals surface area contributed by atoms with Gasteiger partial charge in [-0.05, 0) is 122 Å². The average Bonchev–Trinajstić information content (AvgIpc) is 3.55. The molecule has 6 aliphatic carbocycles. The van der Waals surface area contributed by atoms with Crippen LogP contribution in [-0.2, 0) is 0 Å². The van der Waals surface area contributed by atoms with E-state index in [4.69, 9.17) is 0 Å². The van der Waals surface area contributed by atoms with E-state index in [1.165, 1.54) is 51.4 Å². The molecule has 30 heavy (non-hydrogen) atoms. The first kappa shape index (κ1) is 19.5. The van der Waals surface area contributed by atoms with Crippen LogP contribution in [0.3, 0.4) is 0 Å². The molecule has 6 saturated carbocycles. The van der Waals surface area contributed by atoms with Gasteiger partial charge in [-0.1, -0.05) is 46.8 Å². The summed E-state index contributed by atoms with van der Waals surface area (Å²) in [6.45, 7) is 17.7. The van der Waals surface area contributed by atoms with Crippen LogP contribution in [0.1, 0.15) is 112 Å². The number of rotatable bonds is 0. The van der Waals surface area contributed by atoms with Gasteiger partial charge in [0.05, 0.1) is 0 Å². The van der Waals surface area contributed by atoms with E-state index in [0.717, 1.165) is 17.8 Å². The fraction of sp³-hybridized carbons (Fsp3) is 0.931. The predicted molar refractivity (Wildman–Crippen MR) is 129 cm³/mol. The van der Waals surface area contributed by atoms with E-state index in [0.29, 0.717) is 36.6 Å². The summed E-state index contributed by atoms with van der Waals surface area (Å²) in [4.78, 5) is 0. The molecule has 0 nitrogen and oxygen atoms in total. The maximum Gasteiger partial charge on any atom is 0.0380 e. The summed E-state index contributed by atoms with van der Waals surface area (Å²) < 4.78 is 1.31. The highest BCUT2D eigenvalue weighted by atomic mass is 32.2. The lowest BCUT2D eigenvalue weighted by Crippen LogP contribution is -2.62. The van der Waals surface area contributed by atoms with E-state index in [9.17, 15) is 0 Å². The molecular weight excluding hydrogens is 380 g/mol. The Morgan fingerprint density at radius 1 is 0.800 bits per heavy atom. The minimum atomic E-state index is 0.575. The summed E-state index contributed by atoms with van der Waals surface area (Å²) in [6.07, 6.45) is 18.1. The number of hydrogen-bond acceptors (Lipinski definition) is 1. The van der Waals surface area contributed by atoms with Crippen molar-refractivity contribution in [3.63, 3.8) is 0 Å². The smallest absolute Gasteiger partial charge is 0.0380 e. The molecule has 0 N–H and O–H groups in total. The summed E-state index contributed by atoms with van der Waals surface area (Å²) in [6, 6.07) is 0. The highest BCUT2D eigenvalue weighted by Gasteiger charge is 2.96. The lowest BCUT2D eigenvalue weighted by atomic mass is 9.39. The molecule has 0 aromatic rings. The summed E-state index contributed by atoms with van der Waals surface area (Å²) >= 11 is 2.59. The van der Waals surface area contributed by atoms with Crippen molar-refractivity contribution in [2.24, 2.45) is 44.8 Å². The first-order valence-electron chi connectivity index (χ1n) is 13.4. The van der Waals surface area contributed by atoms with E-state index in [-0.39, 0.29) is 0 Å². The molecule has 0 aromatic carbocycles. The second kappa shape index (κ2) is 5.10. The standard InChI is InChI=1S/C29H44S/c1-19-7-8-22-21(20(19)2)9-10-28-25(22,6)14-15-26-18-27(26)17-23(3,4)11-12-24(27,5)13-16-29(26,28)30-28/h20-22H,1,7-18H2,2-6H3/t20-,21?,22?,24+,25-,26+,27-,28?,29+/m0/s1. The lowest BCUT2D eigenvalue weighted by molar-refractivity contribution is -0.109. The minimum Gasteiger partial charge on any atom is -0.144 e. The average molecular weight is 425 g/mol. The van der Waals surface area contributed by atoms with Gasteiger partial charge >= 0.3 is 0 Å². The van der Waals surface area contributed by atoms with Crippen LogP contribution in [-0.4, -0.2) is 9.49 Å². The van der Waals surface area contributed by atoms with Gasteiger partial charge in [0.2, 0.25) is 0 Å². The van der Waals surface area contributed by atoms with Gasteiger partial charge in [0.1, 0.15) is 0 Å². The van der Waals surface area contributed by atoms with Crippen molar-refractivity contribution in [2.45, 2.75) is 121 Å². The van der Waals surface area contributed by atoms with Crippen LogP contribution in [0, 0.1) is 44.8 Å². The molecule has 7 fully saturated rings. The molecule has 1 heterocycles. The molecule has 1 aliphatic heterocycles. The fourth-order valence-corrected chi connectivity index (χ4v) is 14.6. The van der Waals surface area contributed by atoms with E-state index >= 15 is 0 Å². The van der Waals surface area contributed by atoms with Crippen LogP contribution in [0.5, 0.6) is 0 Å². The summed E-state index contributed by atoms with van der Waals surface area (Å²) in [5.74, 6) is 2.68. The van der Waals surface area contributed by atoms with Gasteiger partial charge < -0.3 is 0 Å². The number of thioether (sulfide) groups is 1. The van der Waals surface area contributed by atoms with Crippen molar-refractivity contribution in [1.29, 1.82) is 0 Å². The Balaban J connectivity index is 1.30. The molecule has 9 atom stereocenters. The van der Waals surface area contributed by atoms with Crippen LogP contribution in [0.2, 0.25) is 0 Å². The lowest BCUT2D eigenvalue weighted by Gasteiger charge is -2.63. The fourth-order valence-electron chi connectivity index (χ4n) is 11.9. The van der Waals surface area contributed by atoms with Gasteiger partial charge in [0.25, 0.3) is 0 Å². The third kappa shape index (κ3) is 1.73. The Bertz CT molecular complexity index is 856. The minimum absolute atomic E-state index is 0.575. The molecule has 1 saturated heterocycles. The molecule has 4 spiro atoms. The zero-order chi connectivity index (χ0) is 21.0. The zero-order valence-corrected chi connectivity index (χ0v) is 21.1. The second-order valence-electron chi connectivity index (χ2n) is 14.7. The third-order valence-electron chi connectivity index (χ3n) is 13.7. The summed E-state index contributed by atoms with van der Waals surface area (Å²) in [5.41, 5.74) is 4.81. The summed E-state index contributed by atoms with van der Waals surface area (Å²) in [5, 5.41) is 0. The van der Waals surface area contributed by atoms with E-state index in [2.05, 4.69) is 53.0 Å². The second-order valence-corrected chi connectivity index (χ2v) is 16.3. The molecule has 7 aliphatic rings. The van der Waals surface area contributed by atoms with Crippen molar-refractivity contribution in [3.8, 4) is 0 Å². The first-order chi connectivity index (χ1) is 14.0. The normalized spacial score (nSPS) is 64.6. The Labute approximate surface area is 189 Å². The van der Waals surface area contributed by atoms with Gasteiger partial charge in [-0.15, -0.1) is 11.8 Å². The SMILES string of the molecule is C=C1CCC2C(CCC34S[C@@]35CC[C@@]3(C)CCC(C)(C)C[C@]36C[C@]65CC[C@@]24C)[C@H]1C. The van der Waals surface area contributed by atoms with E-state index < -0.39 is 0 Å². The number of fused-ring (bicyclic) bond motifs is 2. The molecule has 166 valence electrons. The molecule has 1 heteroatoms. The number of allylic oxidation sites excluding steroid dienone is 1. The zero-order valence-electron chi connectivity index (χ0n) is 20.3. The molecule has 0 bridgehead atoms. The molecule has 0 amide bonds. The van der Waals surface area contributed by atoms with Gasteiger partial charge in [-0.2, -0.15) is 0 Å². The van der Waals surface area contributed by atoms with E-state index in [1.54, 1.807) is 31.3 Å². The van der Waals surface area contributed by atoms with Gasteiger partial charge in [-0.25, -0.2) is 0 Å². The molecular formula is C29H44S. The largest absolute Gasteiger partial charge is 0.144 e. The van der Waals surface area contributed by atoms with Crippen LogP contribution in [0.4, 0.5) is 0 Å². The van der Waals surface area contributed by atoms with Gasteiger partial charge in [0, 0.05) is 9.49 Å². The quantitative estimate of drug-likeness (QED) is 0.278. The van der Waals surface area contributed by atoms with Gasteiger partial charge in [0.15, 0.2) is 0 Å². The van der Waals surface area contributed by atoms with Gasteiger partial charge in [-0.3, -0.25) is 0 Å². The Morgan fingerprint density at radius 2 is 1.57 bits per heavy atom. The maximum absolute atomic E-state index is 4.48. The topological polar surface area (TPSA) is 0 Å². The van der Waals surface area contributed by atoms with Crippen LogP contribution in [0.15, 0.2) is 12.2 Å². The van der Waals surface area contributed by atoms with Crippen molar-refractivity contribution < 1.29 is 0 Å². The Hall–Kier alpha value is 0.0900. The third-order valence-corrected chi connectivity index (χ3v) is 16.1. The molecule has 0 aromatic heterocycles. The Morgan fingerprint density at radius 3 is 2.37 bits per heavy atom. The monoisotopic (exact) mass is 424 g/mol. The Kier molecular flexibility index (Phi) is 3.32. The molecule has 0 radical (unpaired) electrons. The highest BCUT2D eigenvalue weighted by molar-refractivity contribution is 8.09. The van der Waals surface area contributed by atoms with Crippen molar-refractivity contribution in [3.05, 3.63) is 12.2 Å². The molecule has 7 rings (SSSR count). The van der Waals surface area contributed by atoms with Crippen LogP contribution < -0.4 is 0 Å². The number of hydrogen-bond donors (Lipinski definition) is 0. The molecule has 3 unspecified atom stereocenters. The maximum atomic E-state index is 4.48.